The summed E-state index contributed by atoms with van der Waals surface area (Å²) in [4.78, 5) is 113. The number of carboxylic acid groups (broad SMARTS) is 1. The highest BCUT2D eigenvalue weighted by atomic mass is 32.2. The second kappa shape index (κ2) is 29.8. The van der Waals surface area contributed by atoms with Crippen LogP contribution < -0.4 is 65.5 Å². The van der Waals surface area contributed by atoms with Crippen molar-refractivity contribution in [2.24, 2.45) is 38.8 Å². The maximum Gasteiger partial charge on any atom is 0.328 e. The maximum absolute atomic E-state index is 13.9. The van der Waals surface area contributed by atoms with E-state index >= 15 is 0 Å². The van der Waals surface area contributed by atoms with Crippen molar-refractivity contribution in [3.8, 4) is 0 Å². The zero-order chi connectivity index (χ0) is 48.5. The number of guanidine groups is 2. The lowest BCUT2D eigenvalue weighted by molar-refractivity contribution is -0.145. The van der Waals surface area contributed by atoms with Gasteiger partial charge in [0.1, 0.15) is 36.3 Å². The third-order valence-corrected chi connectivity index (χ3v) is 10.4. The van der Waals surface area contributed by atoms with Gasteiger partial charge in [0.25, 0.3) is 0 Å². The lowest BCUT2D eigenvalue weighted by atomic mass is 10.0. The Morgan fingerprint density at radius 1 is 0.672 bits per heavy atom. The van der Waals surface area contributed by atoms with Crippen molar-refractivity contribution < 1.29 is 53.7 Å². The first-order valence-electron chi connectivity index (χ1n) is 21.1. The summed E-state index contributed by atoms with van der Waals surface area (Å²) in [6.45, 7) is 6.05. The van der Waals surface area contributed by atoms with Gasteiger partial charge in [0, 0.05) is 13.1 Å². The van der Waals surface area contributed by atoms with Crippen LogP contribution in [0.1, 0.15) is 79.1 Å². The minimum absolute atomic E-state index is 0.0370. The van der Waals surface area contributed by atoms with Crippen molar-refractivity contribution in [2.75, 3.05) is 38.2 Å². The average molecular weight is 931 g/mol. The van der Waals surface area contributed by atoms with Gasteiger partial charge >= 0.3 is 5.97 Å². The molecule has 1 aliphatic heterocycles. The van der Waals surface area contributed by atoms with Gasteiger partial charge in [-0.2, -0.15) is 11.8 Å². The number of aliphatic carboxylic acids is 1. The topological polar surface area (TPSA) is 422 Å². The van der Waals surface area contributed by atoms with Crippen molar-refractivity contribution in [2.45, 2.75) is 134 Å². The molecule has 19 N–H and O–H groups in total. The van der Waals surface area contributed by atoms with Crippen LogP contribution in [0.2, 0.25) is 0 Å². The second-order valence-corrected chi connectivity index (χ2v) is 16.7. The molecule has 0 aromatic heterocycles. The fourth-order valence-electron chi connectivity index (χ4n) is 6.26. The molecule has 1 fully saturated rings. The SMILES string of the molecule is CSCCC(NC(=O)C(CC(C)C)NC(=O)C(C)NC(=O)C(CCCN=C(N)N)NC(=O)C1CCCN1)C(=O)NC(CCCN=C(N)N)C(=O)NC(CO)C(=O)NC(C(=O)O)C(C)O. The number of rotatable bonds is 30. The second-order valence-electron chi connectivity index (χ2n) is 15.7. The van der Waals surface area contributed by atoms with Crippen molar-refractivity contribution >= 4 is 71.0 Å². The molecule has 0 aliphatic carbocycles. The van der Waals surface area contributed by atoms with E-state index < -0.39 is 102 Å². The molecule has 0 saturated carbocycles. The molecule has 1 saturated heterocycles. The van der Waals surface area contributed by atoms with E-state index in [4.69, 9.17) is 22.9 Å². The molecule has 7 amide bonds. The zero-order valence-corrected chi connectivity index (χ0v) is 38.0. The maximum atomic E-state index is 13.9. The first kappa shape index (κ1) is 56.5. The van der Waals surface area contributed by atoms with Crippen LogP contribution in [0.3, 0.4) is 0 Å². The molecule has 0 spiro atoms. The summed E-state index contributed by atoms with van der Waals surface area (Å²) in [5, 5.41) is 49.7. The molecular weight excluding hydrogens is 861 g/mol. The number of nitrogens with zero attached hydrogens (tertiary/aromatic N) is 2. The Kier molecular flexibility index (Phi) is 26.3. The third-order valence-electron chi connectivity index (χ3n) is 9.73. The molecule has 64 heavy (non-hydrogen) atoms. The van der Waals surface area contributed by atoms with Gasteiger partial charge < -0.3 is 80.8 Å². The fourth-order valence-corrected chi connectivity index (χ4v) is 6.73. The van der Waals surface area contributed by atoms with Gasteiger partial charge in [-0.05, 0) is 89.7 Å². The van der Waals surface area contributed by atoms with E-state index in [1.54, 1.807) is 6.26 Å². The highest BCUT2D eigenvalue weighted by Crippen LogP contribution is 2.11. The van der Waals surface area contributed by atoms with Crippen LogP contribution in [0.4, 0.5) is 0 Å². The number of aliphatic imine (C=N–C) groups is 2. The van der Waals surface area contributed by atoms with Gasteiger partial charge in [0.15, 0.2) is 18.0 Å². The van der Waals surface area contributed by atoms with Crippen LogP contribution in [-0.2, 0) is 38.4 Å². The van der Waals surface area contributed by atoms with E-state index in [9.17, 15) is 53.7 Å². The number of hydrogen-bond donors (Lipinski definition) is 15. The number of thioether (sulfide) groups is 1. The molecule has 9 unspecified atom stereocenters. The largest absolute Gasteiger partial charge is 0.480 e. The molecule has 0 bridgehead atoms. The Balaban J connectivity index is 3.25. The van der Waals surface area contributed by atoms with Gasteiger partial charge in [0.05, 0.1) is 18.8 Å². The normalized spacial score (nSPS) is 17.1. The molecule has 0 aromatic carbocycles. The van der Waals surface area contributed by atoms with Crippen LogP contribution in [0.25, 0.3) is 0 Å². The van der Waals surface area contributed by atoms with Crippen molar-refractivity contribution in [3.05, 3.63) is 0 Å². The Morgan fingerprint density at radius 2 is 1.14 bits per heavy atom. The van der Waals surface area contributed by atoms with Gasteiger partial charge in [-0.25, -0.2) is 4.79 Å². The van der Waals surface area contributed by atoms with Gasteiger partial charge in [0.2, 0.25) is 41.4 Å². The van der Waals surface area contributed by atoms with Gasteiger partial charge in [-0.1, -0.05) is 13.8 Å². The van der Waals surface area contributed by atoms with Crippen molar-refractivity contribution in [3.63, 3.8) is 0 Å². The van der Waals surface area contributed by atoms with E-state index in [1.165, 1.54) is 18.7 Å². The van der Waals surface area contributed by atoms with Crippen molar-refractivity contribution in [1.82, 2.24) is 42.5 Å². The van der Waals surface area contributed by atoms with E-state index in [-0.39, 0.29) is 68.9 Å². The predicted molar refractivity (Wildman–Crippen MR) is 239 cm³/mol. The highest BCUT2D eigenvalue weighted by molar-refractivity contribution is 7.98. The summed E-state index contributed by atoms with van der Waals surface area (Å²) < 4.78 is 0. The molecule has 9 atom stereocenters. The Labute approximate surface area is 377 Å². The third kappa shape index (κ3) is 21.7. The van der Waals surface area contributed by atoms with Gasteiger partial charge in [-0.3, -0.25) is 43.5 Å². The summed E-state index contributed by atoms with van der Waals surface area (Å²) >= 11 is 1.36. The minimum Gasteiger partial charge on any atom is -0.480 e. The predicted octanol–water partition coefficient (Wildman–Crippen LogP) is -5.48. The lowest BCUT2D eigenvalue weighted by Crippen LogP contribution is -2.60. The number of hydrogen-bond acceptors (Lipinski definition) is 14. The van der Waals surface area contributed by atoms with E-state index in [2.05, 4.69) is 47.2 Å². The van der Waals surface area contributed by atoms with Crippen LogP contribution in [-0.4, -0.2) is 167 Å². The number of nitrogens with two attached hydrogens (primary N) is 4. The summed E-state index contributed by atoms with van der Waals surface area (Å²) in [5.74, 6) is -7.10. The van der Waals surface area contributed by atoms with Crippen LogP contribution in [0.5, 0.6) is 0 Å². The lowest BCUT2D eigenvalue weighted by Gasteiger charge is -2.28. The number of carbonyl (C=O) groups excluding carboxylic acids is 7. The summed E-state index contributed by atoms with van der Waals surface area (Å²) in [5.41, 5.74) is 21.6. The smallest absolute Gasteiger partial charge is 0.328 e. The number of aliphatic hydroxyl groups excluding tert-OH is 2. The Morgan fingerprint density at radius 3 is 1.59 bits per heavy atom. The first-order valence-corrected chi connectivity index (χ1v) is 22.5. The Bertz CT molecular complexity index is 1620. The monoisotopic (exact) mass is 931 g/mol. The number of nitrogens with one attached hydrogen (secondary N) is 8. The van der Waals surface area contributed by atoms with E-state index in [0.717, 1.165) is 13.3 Å². The van der Waals surface area contributed by atoms with Crippen molar-refractivity contribution in [1.29, 1.82) is 0 Å². The zero-order valence-electron chi connectivity index (χ0n) is 37.2. The summed E-state index contributed by atoms with van der Waals surface area (Å²) in [6.07, 6.45) is 2.34. The molecule has 1 rings (SSSR count). The highest BCUT2D eigenvalue weighted by Gasteiger charge is 2.34. The Hall–Kier alpha value is -5.47. The van der Waals surface area contributed by atoms with Crippen LogP contribution in [0.15, 0.2) is 9.98 Å². The molecule has 364 valence electrons. The summed E-state index contributed by atoms with van der Waals surface area (Å²) in [6, 6.07) is -9.99. The fraction of sp³-hybridized carbons (Fsp3) is 0.737. The summed E-state index contributed by atoms with van der Waals surface area (Å²) in [7, 11) is 0. The number of carbonyl (C=O) groups is 8. The molecule has 26 heteroatoms. The number of aliphatic hydroxyl groups is 2. The van der Waals surface area contributed by atoms with Crippen LogP contribution >= 0.6 is 11.8 Å². The van der Waals surface area contributed by atoms with Crippen LogP contribution in [0, 0.1) is 5.92 Å². The minimum atomic E-state index is -1.76. The average Bonchev–Trinajstić information content (AvgIpc) is 3.77. The van der Waals surface area contributed by atoms with Gasteiger partial charge in [-0.15, -0.1) is 0 Å². The molecular formula is C38H70N14O11S. The standard InChI is InChI=1S/C38H70N14O11S/c1-19(2)17-26(50-29(55)20(3)46-31(57)23(10-7-14-44-37(39)40)47-30(56)22-9-6-13-43-22)34(60)49-25(12-16-64-5)33(59)48-24(11-8-15-45-38(41)42)32(58)51-27(18-53)35(61)52-28(21(4)54)36(62)63/h19-28,43,53-54H,6-18H2,1-5H3,(H,46,57)(H,47,56)(H,48,59)(H,49,60)(H,50,55)(H,51,58)(H,52,61)(H,62,63)(H4,39,40,44)(H4,41,42,45). The molecule has 1 heterocycles. The quantitative estimate of drug-likeness (QED) is 0.0181. The first-order chi connectivity index (χ1) is 30.1. The van der Waals surface area contributed by atoms with E-state index in [1.807, 2.05) is 19.2 Å². The number of carboxylic acids is 1. The number of amides is 7. The molecule has 25 nitrogen and oxygen atoms in total. The van der Waals surface area contributed by atoms with E-state index in [0.29, 0.717) is 25.1 Å². The molecule has 1 aliphatic rings. The molecule has 0 radical (unpaired) electrons. The molecule has 0 aromatic rings.